The highest BCUT2D eigenvalue weighted by Gasteiger charge is 2.35. The fourth-order valence-corrected chi connectivity index (χ4v) is 3.25. The molecule has 2 aromatic carbocycles. The molecule has 1 aliphatic rings. The first-order valence-corrected chi connectivity index (χ1v) is 8.50. The van der Waals surface area contributed by atoms with Gasteiger partial charge in [0.05, 0.1) is 6.10 Å². The third-order valence-corrected chi connectivity index (χ3v) is 4.33. The van der Waals surface area contributed by atoms with E-state index < -0.39 is 11.6 Å². The summed E-state index contributed by atoms with van der Waals surface area (Å²) in [6, 6.07) is 13.4. The number of para-hydroxylation sites is 1. The van der Waals surface area contributed by atoms with Crippen LogP contribution in [0.4, 0.5) is 4.79 Å². The number of allylic oxidation sites excluding steroid dienone is 1. The molecule has 0 saturated carbocycles. The van der Waals surface area contributed by atoms with Crippen molar-refractivity contribution in [2.24, 2.45) is 0 Å². The molecule has 0 spiro atoms. The molecule has 0 fully saturated rings. The molecule has 3 rings (SSSR count). The van der Waals surface area contributed by atoms with Gasteiger partial charge in [0, 0.05) is 5.56 Å². The van der Waals surface area contributed by atoms with Crippen molar-refractivity contribution in [1.29, 1.82) is 0 Å². The largest absolute Gasteiger partial charge is 0.490 e. The number of hydrogen-bond acceptors (Lipinski definition) is 3. The molecule has 0 unspecified atom stereocenters. The Hall–Kier alpha value is -3.08. The van der Waals surface area contributed by atoms with Crippen LogP contribution in [-0.2, 0) is 16.8 Å². The molecule has 134 valence electrons. The Morgan fingerprint density at radius 3 is 2.73 bits per heavy atom. The van der Waals surface area contributed by atoms with Crippen molar-refractivity contribution in [2.45, 2.75) is 31.9 Å². The van der Waals surface area contributed by atoms with Crippen molar-refractivity contribution in [3.8, 4) is 16.9 Å². The van der Waals surface area contributed by atoms with Gasteiger partial charge in [0.25, 0.3) is 0 Å². The molecule has 0 saturated heterocycles. The topological polar surface area (TPSA) is 75.6 Å². The molecule has 1 amide bonds. The van der Waals surface area contributed by atoms with E-state index in [1.54, 1.807) is 6.08 Å². The number of hydrogen-bond donors (Lipinski definition) is 2. The minimum atomic E-state index is -1.37. The molecule has 1 atom stereocenters. The van der Waals surface area contributed by atoms with Gasteiger partial charge in [-0.1, -0.05) is 42.5 Å². The van der Waals surface area contributed by atoms with Crippen LogP contribution >= 0.6 is 0 Å². The standard InChI is InChI=1S/C21H21NO4/c1-14(2)26-19-8-4-3-7-17(19)16-10-9-15-6-5-11-21(13-23,18(15)12-16)22-20(24)25/h3-5,7-14,22H,6H2,1-2H3,(H,24,25)/t21-/m1/s1. The second kappa shape index (κ2) is 7.04. The average Bonchev–Trinajstić information content (AvgIpc) is 2.61. The zero-order chi connectivity index (χ0) is 18.7. The van der Waals surface area contributed by atoms with Crippen LogP contribution in [0.2, 0.25) is 0 Å². The summed E-state index contributed by atoms with van der Waals surface area (Å²) < 4.78 is 5.89. The smallest absolute Gasteiger partial charge is 0.405 e. The van der Waals surface area contributed by atoms with Crippen molar-refractivity contribution in [3.63, 3.8) is 0 Å². The molecule has 5 nitrogen and oxygen atoms in total. The zero-order valence-corrected chi connectivity index (χ0v) is 14.7. The second-order valence-electron chi connectivity index (χ2n) is 6.56. The summed E-state index contributed by atoms with van der Waals surface area (Å²) in [7, 11) is 0. The normalized spacial score (nSPS) is 18.3. The number of fused-ring (bicyclic) bond motifs is 1. The zero-order valence-electron chi connectivity index (χ0n) is 14.7. The van der Waals surface area contributed by atoms with E-state index in [0.29, 0.717) is 18.3 Å². The fourth-order valence-electron chi connectivity index (χ4n) is 3.25. The summed E-state index contributed by atoms with van der Waals surface area (Å²) in [6.45, 7) is 3.92. The summed E-state index contributed by atoms with van der Waals surface area (Å²) in [4.78, 5) is 23.1. The summed E-state index contributed by atoms with van der Waals surface area (Å²) in [6.07, 6.45) is 3.48. The molecule has 0 aliphatic heterocycles. The minimum Gasteiger partial charge on any atom is -0.490 e. The molecule has 2 N–H and O–H groups in total. The fraction of sp³-hybridized carbons (Fsp3) is 0.238. The quantitative estimate of drug-likeness (QED) is 0.632. The molecule has 0 bridgehead atoms. The van der Waals surface area contributed by atoms with Crippen molar-refractivity contribution in [2.75, 3.05) is 0 Å². The molecule has 1 aliphatic carbocycles. The lowest BCUT2D eigenvalue weighted by Gasteiger charge is -2.30. The summed E-state index contributed by atoms with van der Waals surface area (Å²) in [5, 5.41) is 11.6. The maximum absolute atomic E-state index is 11.8. The number of nitrogens with one attached hydrogen (secondary N) is 1. The summed E-state index contributed by atoms with van der Waals surface area (Å²) in [5.74, 6) is 0.747. The highest BCUT2D eigenvalue weighted by atomic mass is 16.5. The van der Waals surface area contributed by atoms with E-state index >= 15 is 0 Å². The van der Waals surface area contributed by atoms with E-state index in [1.165, 1.54) is 0 Å². The molecular formula is C21H21NO4. The third kappa shape index (κ3) is 3.33. The van der Waals surface area contributed by atoms with Crippen LogP contribution in [-0.4, -0.2) is 23.6 Å². The third-order valence-electron chi connectivity index (χ3n) is 4.33. The number of aldehydes is 1. The second-order valence-corrected chi connectivity index (χ2v) is 6.56. The van der Waals surface area contributed by atoms with Gasteiger partial charge in [-0.25, -0.2) is 4.79 Å². The number of benzene rings is 2. The number of ether oxygens (including phenoxy) is 1. The SMILES string of the molecule is CC(C)Oc1ccccc1-c1ccc2c(c1)[C@@](C=O)(NC(=O)O)C=CC2. The van der Waals surface area contributed by atoms with E-state index in [1.807, 2.05) is 62.4 Å². The summed E-state index contributed by atoms with van der Waals surface area (Å²) in [5.41, 5.74) is 1.96. The minimum absolute atomic E-state index is 0.0273. The van der Waals surface area contributed by atoms with Crippen molar-refractivity contribution < 1.29 is 19.4 Å². The number of carbonyl (C=O) groups is 2. The number of carbonyl (C=O) groups excluding carboxylic acids is 1. The van der Waals surface area contributed by atoms with E-state index in [0.717, 1.165) is 22.4 Å². The van der Waals surface area contributed by atoms with Gasteiger partial charge in [0.2, 0.25) is 0 Å². The molecule has 5 heteroatoms. The molecule has 26 heavy (non-hydrogen) atoms. The van der Waals surface area contributed by atoms with E-state index in [4.69, 9.17) is 4.74 Å². The first-order chi connectivity index (χ1) is 12.4. The van der Waals surface area contributed by atoms with Gasteiger partial charge >= 0.3 is 6.09 Å². The molecule has 0 radical (unpaired) electrons. The Morgan fingerprint density at radius 1 is 1.27 bits per heavy atom. The van der Waals surface area contributed by atoms with Crippen molar-refractivity contribution in [1.82, 2.24) is 5.32 Å². The first kappa shape index (κ1) is 17.7. The van der Waals surface area contributed by atoms with E-state index in [2.05, 4.69) is 5.32 Å². The predicted molar refractivity (Wildman–Crippen MR) is 99.4 cm³/mol. The van der Waals surface area contributed by atoms with Gasteiger partial charge in [0.15, 0.2) is 6.29 Å². The van der Waals surface area contributed by atoms with Crippen molar-refractivity contribution >= 4 is 12.4 Å². The molecular weight excluding hydrogens is 330 g/mol. The predicted octanol–water partition coefficient (Wildman–Crippen LogP) is 3.91. The van der Waals surface area contributed by atoms with E-state index in [-0.39, 0.29) is 6.10 Å². The van der Waals surface area contributed by atoms with Crippen LogP contribution < -0.4 is 10.1 Å². The van der Waals surface area contributed by atoms with Crippen LogP contribution in [0.25, 0.3) is 11.1 Å². The van der Waals surface area contributed by atoms with Crippen LogP contribution in [0.15, 0.2) is 54.6 Å². The Morgan fingerprint density at radius 2 is 2.04 bits per heavy atom. The maximum Gasteiger partial charge on any atom is 0.405 e. The number of carboxylic acid groups (broad SMARTS) is 1. The lowest BCUT2D eigenvalue weighted by molar-refractivity contribution is -0.112. The van der Waals surface area contributed by atoms with Crippen LogP contribution in [0.5, 0.6) is 5.75 Å². The van der Waals surface area contributed by atoms with Gasteiger partial charge < -0.3 is 15.2 Å². The van der Waals surface area contributed by atoms with Crippen LogP contribution in [0.1, 0.15) is 25.0 Å². The van der Waals surface area contributed by atoms with Gasteiger partial charge in [-0.15, -0.1) is 0 Å². The average molecular weight is 351 g/mol. The highest BCUT2D eigenvalue weighted by molar-refractivity contribution is 5.82. The highest BCUT2D eigenvalue weighted by Crippen LogP contribution is 2.36. The molecule has 0 heterocycles. The van der Waals surface area contributed by atoms with Gasteiger partial charge in [-0.3, -0.25) is 4.79 Å². The van der Waals surface area contributed by atoms with Crippen LogP contribution in [0.3, 0.4) is 0 Å². The monoisotopic (exact) mass is 351 g/mol. The lowest BCUT2D eigenvalue weighted by atomic mass is 9.80. The summed E-state index contributed by atoms with van der Waals surface area (Å²) >= 11 is 0. The van der Waals surface area contributed by atoms with Crippen LogP contribution in [0, 0.1) is 0 Å². The Labute approximate surface area is 152 Å². The Bertz CT molecular complexity index is 872. The Kier molecular flexibility index (Phi) is 4.80. The molecule has 0 aromatic heterocycles. The first-order valence-electron chi connectivity index (χ1n) is 8.50. The Balaban J connectivity index is 2.12. The van der Waals surface area contributed by atoms with Gasteiger partial charge in [-0.2, -0.15) is 0 Å². The van der Waals surface area contributed by atoms with Crippen molar-refractivity contribution in [3.05, 3.63) is 65.7 Å². The van der Waals surface area contributed by atoms with Gasteiger partial charge in [0.1, 0.15) is 11.3 Å². The number of rotatable bonds is 5. The van der Waals surface area contributed by atoms with E-state index in [9.17, 15) is 14.7 Å². The number of amides is 1. The van der Waals surface area contributed by atoms with Gasteiger partial charge in [-0.05, 0) is 49.1 Å². The lowest BCUT2D eigenvalue weighted by Crippen LogP contribution is -2.46. The molecule has 2 aromatic rings. The maximum atomic E-state index is 11.8.